The van der Waals surface area contributed by atoms with Gasteiger partial charge in [0.05, 0.1) is 26.5 Å². The van der Waals surface area contributed by atoms with Crippen molar-refractivity contribution >= 4 is 5.69 Å². The van der Waals surface area contributed by atoms with E-state index in [0.29, 0.717) is 23.8 Å². The number of benzene rings is 2. The average Bonchev–Trinajstić information content (AvgIpc) is 3.04. The van der Waals surface area contributed by atoms with Crippen LogP contribution in [-0.2, 0) is 6.54 Å². The summed E-state index contributed by atoms with van der Waals surface area (Å²) >= 11 is 0. The lowest BCUT2D eigenvalue weighted by Gasteiger charge is -2.04. The number of hydrogen-bond donors (Lipinski definition) is 1. The second kappa shape index (κ2) is 6.35. The molecule has 3 aromatic rings. The van der Waals surface area contributed by atoms with Crippen LogP contribution in [0.2, 0.25) is 0 Å². The number of anilines is 1. The number of rotatable bonds is 5. The van der Waals surface area contributed by atoms with E-state index in [1.54, 1.807) is 31.1 Å². The first-order chi connectivity index (χ1) is 11.2. The minimum Gasteiger partial charge on any atom is -0.497 e. The van der Waals surface area contributed by atoms with E-state index in [4.69, 9.17) is 15.2 Å². The van der Waals surface area contributed by atoms with Crippen molar-refractivity contribution in [3.05, 3.63) is 48.0 Å². The maximum atomic E-state index is 5.81. The Morgan fingerprint density at radius 1 is 1.04 bits per heavy atom. The number of ether oxygens (including phenoxy) is 2. The minimum absolute atomic E-state index is 0.525. The fourth-order valence-electron chi connectivity index (χ4n) is 2.17. The van der Waals surface area contributed by atoms with Gasteiger partial charge in [0.2, 0.25) is 5.82 Å². The fraction of sp³-hybridized carbons (Fsp3) is 0.188. The van der Waals surface area contributed by atoms with E-state index in [2.05, 4.69) is 15.4 Å². The van der Waals surface area contributed by atoms with E-state index in [9.17, 15) is 0 Å². The molecule has 1 aromatic heterocycles. The molecule has 3 rings (SSSR count). The van der Waals surface area contributed by atoms with Crippen LogP contribution in [0.25, 0.3) is 11.4 Å². The summed E-state index contributed by atoms with van der Waals surface area (Å²) in [4.78, 5) is 1.54. The zero-order valence-electron chi connectivity index (χ0n) is 12.9. The summed E-state index contributed by atoms with van der Waals surface area (Å²) in [5, 5.41) is 12.6. The van der Waals surface area contributed by atoms with Crippen LogP contribution < -0.4 is 15.2 Å². The first-order valence-corrected chi connectivity index (χ1v) is 7.04. The molecule has 0 aliphatic rings. The molecule has 0 saturated heterocycles. The third-order valence-corrected chi connectivity index (χ3v) is 3.43. The van der Waals surface area contributed by atoms with E-state index in [1.165, 1.54) is 0 Å². The lowest BCUT2D eigenvalue weighted by molar-refractivity contribution is 0.414. The molecule has 0 amide bonds. The van der Waals surface area contributed by atoms with E-state index in [1.807, 2.05) is 30.3 Å². The Morgan fingerprint density at radius 2 is 1.83 bits per heavy atom. The van der Waals surface area contributed by atoms with Crippen molar-refractivity contribution in [3.8, 4) is 22.9 Å². The monoisotopic (exact) mass is 311 g/mol. The Labute approximate surface area is 133 Å². The van der Waals surface area contributed by atoms with Gasteiger partial charge in [0.1, 0.15) is 11.5 Å². The standard InChI is InChI=1S/C16H17N5O2/c1-22-13-6-3-11(4-7-13)10-21-19-16(18-20-21)12-5-8-14(17)15(9-12)23-2/h3-9H,10,17H2,1-2H3. The van der Waals surface area contributed by atoms with Crippen LogP contribution in [0.3, 0.4) is 0 Å². The van der Waals surface area contributed by atoms with E-state index in [0.717, 1.165) is 16.9 Å². The summed E-state index contributed by atoms with van der Waals surface area (Å²) in [5.74, 6) is 1.93. The molecule has 0 bridgehead atoms. The van der Waals surface area contributed by atoms with Gasteiger partial charge in [-0.25, -0.2) is 0 Å². The molecular formula is C16H17N5O2. The van der Waals surface area contributed by atoms with Crippen LogP contribution in [-0.4, -0.2) is 34.4 Å². The summed E-state index contributed by atoms with van der Waals surface area (Å²) in [6.45, 7) is 0.531. The summed E-state index contributed by atoms with van der Waals surface area (Å²) in [6, 6.07) is 13.1. The maximum absolute atomic E-state index is 5.81. The van der Waals surface area contributed by atoms with Gasteiger partial charge in [-0.05, 0) is 41.1 Å². The van der Waals surface area contributed by atoms with Crippen LogP contribution in [0.5, 0.6) is 11.5 Å². The maximum Gasteiger partial charge on any atom is 0.205 e. The highest BCUT2D eigenvalue weighted by atomic mass is 16.5. The summed E-state index contributed by atoms with van der Waals surface area (Å²) < 4.78 is 10.4. The van der Waals surface area contributed by atoms with Gasteiger partial charge in [0, 0.05) is 5.56 Å². The molecule has 1 heterocycles. The number of nitrogens with zero attached hydrogens (tertiary/aromatic N) is 4. The highest BCUT2D eigenvalue weighted by Gasteiger charge is 2.09. The van der Waals surface area contributed by atoms with Gasteiger partial charge in [0.25, 0.3) is 0 Å². The molecule has 7 nitrogen and oxygen atoms in total. The largest absolute Gasteiger partial charge is 0.497 e. The summed E-state index contributed by atoms with van der Waals surface area (Å²) in [7, 11) is 3.21. The molecule has 118 valence electrons. The second-order valence-corrected chi connectivity index (χ2v) is 4.95. The van der Waals surface area contributed by atoms with Gasteiger partial charge >= 0.3 is 0 Å². The van der Waals surface area contributed by atoms with Gasteiger partial charge in [-0.15, -0.1) is 10.2 Å². The first kappa shape index (κ1) is 14.8. The highest BCUT2D eigenvalue weighted by Crippen LogP contribution is 2.26. The van der Waals surface area contributed by atoms with Crippen molar-refractivity contribution < 1.29 is 9.47 Å². The fourth-order valence-corrected chi connectivity index (χ4v) is 2.17. The Bertz CT molecular complexity index is 798. The van der Waals surface area contributed by atoms with Crippen LogP contribution in [0.1, 0.15) is 5.56 Å². The van der Waals surface area contributed by atoms with Gasteiger partial charge < -0.3 is 15.2 Å². The van der Waals surface area contributed by atoms with E-state index >= 15 is 0 Å². The molecule has 0 saturated carbocycles. The number of tetrazole rings is 1. The molecule has 2 N–H and O–H groups in total. The van der Waals surface area contributed by atoms with Crippen molar-refractivity contribution in [2.75, 3.05) is 20.0 Å². The number of aromatic nitrogens is 4. The molecule has 2 aromatic carbocycles. The quantitative estimate of drug-likeness (QED) is 0.725. The number of methoxy groups -OCH3 is 2. The summed E-state index contributed by atoms with van der Waals surface area (Å²) in [6.07, 6.45) is 0. The Balaban J connectivity index is 1.79. The molecule has 23 heavy (non-hydrogen) atoms. The average molecular weight is 311 g/mol. The Kier molecular flexibility index (Phi) is 4.09. The van der Waals surface area contributed by atoms with Gasteiger partial charge in [-0.1, -0.05) is 12.1 Å². The SMILES string of the molecule is COc1ccc(Cn2nnc(-c3ccc(N)c(OC)c3)n2)cc1. The molecule has 0 aliphatic carbocycles. The minimum atomic E-state index is 0.525. The third kappa shape index (κ3) is 3.23. The second-order valence-electron chi connectivity index (χ2n) is 4.95. The lowest BCUT2D eigenvalue weighted by Crippen LogP contribution is -2.04. The predicted octanol–water partition coefficient (Wildman–Crippen LogP) is 1.99. The molecule has 0 fully saturated rings. The zero-order valence-corrected chi connectivity index (χ0v) is 12.9. The predicted molar refractivity (Wildman–Crippen MR) is 86.3 cm³/mol. The van der Waals surface area contributed by atoms with Crippen LogP contribution >= 0.6 is 0 Å². The van der Waals surface area contributed by atoms with E-state index < -0.39 is 0 Å². The molecule has 0 aliphatic heterocycles. The van der Waals surface area contributed by atoms with Gasteiger partial charge in [0.15, 0.2) is 0 Å². The van der Waals surface area contributed by atoms with E-state index in [-0.39, 0.29) is 0 Å². The van der Waals surface area contributed by atoms with Crippen LogP contribution in [0.4, 0.5) is 5.69 Å². The molecule has 7 heteroatoms. The van der Waals surface area contributed by atoms with Crippen molar-refractivity contribution in [1.29, 1.82) is 0 Å². The zero-order chi connectivity index (χ0) is 16.2. The topological polar surface area (TPSA) is 88.1 Å². The van der Waals surface area contributed by atoms with Crippen molar-refractivity contribution in [2.45, 2.75) is 6.54 Å². The Morgan fingerprint density at radius 3 is 2.52 bits per heavy atom. The Hall–Kier alpha value is -3.09. The molecule has 0 spiro atoms. The smallest absolute Gasteiger partial charge is 0.205 e. The third-order valence-electron chi connectivity index (χ3n) is 3.43. The van der Waals surface area contributed by atoms with Crippen LogP contribution in [0, 0.1) is 0 Å². The lowest BCUT2D eigenvalue weighted by atomic mass is 10.2. The number of nitrogens with two attached hydrogens (primary N) is 1. The molecular weight excluding hydrogens is 294 g/mol. The molecule has 0 unspecified atom stereocenters. The normalized spacial score (nSPS) is 10.5. The van der Waals surface area contributed by atoms with Crippen LogP contribution in [0.15, 0.2) is 42.5 Å². The summed E-state index contributed by atoms with van der Waals surface area (Å²) in [5.41, 5.74) is 8.25. The van der Waals surface area contributed by atoms with Gasteiger partial charge in [-0.3, -0.25) is 0 Å². The van der Waals surface area contributed by atoms with Crippen molar-refractivity contribution in [3.63, 3.8) is 0 Å². The highest BCUT2D eigenvalue weighted by molar-refractivity contribution is 5.64. The van der Waals surface area contributed by atoms with Crippen molar-refractivity contribution in [2.24, 2.45) is 0 Å². The molecule has 0 atom stereocenters. The first-order valence-electron chi connectivity index (χ1n) is 7.04. The molecule has 0 radical (unpaired) electrons. The number of nitrogen functional groups attached to an aromatic ring is 1. The van der Waals surface area contributed by atoms with Crippen molar-refractivity contribution in [1.82, 2.24) is 20.2 Å². The van der Waals surface area contributed by atoms with Gasteiger partial charge in [-0.2, -0.15) is 4.80 Å². The number of hydrogen-bond acceptors (Lipinski definition) is 6.